The smallest absolute Gasteiger partial charge is 0.123 e. The van der Waals surface area contributed by atoms with Crippen molar-refractivity contribution in [3.63, 3.8) is 0 Å². The van der Waals surface area contributed by atoms with E-state index in [9.17, 15) is 4.39 Å². The third-order valence-corrected chi connectivity index (χ3v) is 4.04. The van der Waals surface area contributed by atoms with Crippen molar-refractivity contribution in [2.24, 2.45) is 5.73 Å². The summed E-state index contributed by atoms with van der Waals surface area (Å²) in [6.07, 6.45) is 0.624. The number of hydrogen-bond acceptors (Lipinski definition) is 1. The van der Waals surface area contributed by atoms with Gasteiger partial charge < -0.3 is 5.73 Å². The number of hydrogen-bond donors (Lipinski definition) is 1. The topological polar surface area (TPSA) is 26.0 Å². The first-order valence-electron chi connectivity index (χ1n) is 6.91. The van der Waals surface area contributed by atoms with Crippen LogP contribution < -0.4 is 5.73 Å². The maximum atomic E-state index is 13.4. The molecule has 2 aromatic rings. The molecule has 0 fully saturated rings. The van der Waals surface area contributed by atoms with Gasteiger partial charge in [-0.2, -0.15) is 0 Å². The van der Waals surface area contributed by atoms with Crippen molar-refractivity contribution in [3.8, 4) is 0 Å². The molecule has 0 aromatic heterocycles. The molecule has 0 spiro atoms. The van der Waals surface area contributed by atoms with Gasteiger partial charge in [0.2, 0.25) is 0 Å². The summed E-state index contributed by atoms with van der Waals surface area (Å²) < 4.78 is 13.4. The van der Waals surface area contributed by atoms with Gasteiger partial charge in [-0.05, 0) is 74.1 Å². The fourth-order valence-electron chi connectivity index (χ4n) is 2.42. The van der Waals surface area contributed by atoms with Crippen LogP contribution in [0.3, 0.4) is 0 Å². The van der Waals surface area contributed by atoms with E-state index in [0.29, 0.717) is 6.42 Å². The van der Waals surface area contributed by atoms with Gasteiger partial charge in [0.05, 0.1) is 0 Å². The second-order valence-corrected chi connectivity index (χ2v) is 5.96. The van der Waals surface area contributed by atoms with Gasteiger partial charge >= 0.3 is 0 Å². The van der Waals surface area contributed by atoms with Gasteiger partial charge in [-0.25, -0.2) is 4.39 Å². The van der Waals surface area contributed by atoms with Crippen LogP contribution in [0.5, 0.6) is 0 Å². The van der Waals surface area contributed by atoms with Gasteiger partial charge in [0.25, 0.3) is 0 Å². The summed E-state index contributed by atoms with van der Waals surface area (Å²) in [6.45, 7) is 8.17. The van der Waals surface area contributed by atoms with Crippen molar-refractivity contribution in [2.45, 2.75) is 39.7 Å². The molecule has 1 unspecified atom stereocenters. The van der Waals surface area contributed by atoms with E-state index in [1.54, 1.807) is 12.1 Å². The van der Waals surface area contributed by atoms with Crippen LogP contribution in [0.25, 0.3) is 0 Å². The lowest BCUT2D eigenvalue weighted by Crippen LogP contribution is -2.35. The summed E-state index contributed by atoms with van der Waals surface area (Å²) >= 11 is 0. The molecule has 2 N–H and O–H groups in total. The molecule has 2 rings (SSSR count). The first-order valence-corrected chi connectivity index (χ1v) is 6.91. The molecule has 20 heavy (non-hydrogen) atoms. The third-order valence-electron chi connectivity index (χ3n) is 4.04. The van der Waals surface area contributed by atoms with Crippen LogP contribution in [0.4, 0.5) is 4.39 Å². The van der Waals surface area contributed by atoms with Crippen LogP contribution in [-0.2, 0) is 12.0 Å². The summed E-state index contributed by atoms with van der Waals surface area (Å²) in [7, 11) is 0. The lowest BCUT2D eigenvalue weighted by Gasteiger charge is -2.27. The molecular formula is C18H22FN. The normalized spacial score (nSPS) is 14.1. The summed E-state index contributed by atoms with van der Waals surface area (Å²) in [5.74, 6) is -0.207. The highest BCUT2D eigenvalue weighted by Gasteiger charge is 2.23. The average molecular weight is 271 g/mol. The number of nitrogens with two attached hydrogens (primary N) is 1. The van der Waals surface area contributed by atoms with Crippen LogP contribution in [0.2, 0.25) is 0 Å². The second-order valence-electron chi connectivity index (χ2n) is 5.96. The maximum Gasteiger partial charge on any atom is 0.123 e. The highest BCUT2D eigenvalue weighted by molar-refractivity contribution is 5.36. The molecular weight excluding hydrogens is 249 g/mol. The molecule has 0 heterocycles. The number of aryl methyl sites for hydroxylation is 3. The summed E-state index contributed by atoms with van der Waals surface area (Å²) in [4.78, 5) is 0. The average Bonchev–Trinajstić information content (AvgIpc) is 2.36. The Balaban J connectivity index is 2.34. The Labute approximate surface area is 120 Å². The molecule has 0 bridgehead atoms. The quantitative estimate of drug-likeness (QED) is 0.891. The molecule has 0 aliphatic carbocycles. The Morgan fingerprint density at radius 1 is 0.950 bits per heavy atom. The minimum absolute atomic E-state index is 0.207. The van der Waals surface area contributed by atoms with Gasteiger partial charge in [0.1, 0.15) is 5.82 Å². The standard InChI is InChI=1S/C18H22FN/c1-12-5-7-16(9-14(12)3)18(4,20)11-15-10-17(19)8-6-13(15)2/h5-10H,11,20H2,1-4H3. The van der Waals surface area contributed by atoms with Crippen molar-refractivity contribution in [1.82, 2.24) is 0 Å². The molecule has 1 atom stereocenters. The van der Waals surface area contributed by atoms with E-state index in [4.69, 9.17) is 5.73 Å². The van der Waals surface area contributed by atoms with E-state index in [1.165, 1.54) is 17.2 Å². The SMILES string of the molecule is Cc1ccc(C(C)(N)Cc2cc(F)ccc2C)cc1C. The van der Waals surface area contributed by atoms with E-state index in [2.05, 4.69) is 32.0 Å². The fraction of sp³-hybridized carbons (Fsp3) is 0.333. The van der Waals surface area contributed by atoms with Gasteiger partial charge in [0, 0.05) is 5.54 Å². The van der Waals surface area contributed by atoms with Crippen molar-refractivity contribution < 1.29 is 4.39 Å². The zero-order valence-electron chi connectivity index (χ0n) is 12.6. The fourth-order valence-corrected chi connectivity index (χ4v) is 2.42. The van der Waals surface area contributed by atoms with Crippen molar-refractivity contribution in [1.29, 1.82) is 0 Å². The molecule has 0 aliphatic rings. The number of benzene rings is 2. The lowest BCUT2D eigenvalue weighted by atomic mass is 9.84. The minimum atomic E-state index is -0.503. The summed E-state index contributed by atoms with van der Waals surface area (Å²) in [6, 6.07) is 11.2. The van der Waals surface area contributed by atoms with Gasteiger partial charge in [0.15, 0.2) is 0 Å². The highest BCUT2D eigenvalue weighted by Crippen LogP contribution is 2.26. The molecule has 0 saturated carbocycles. The predicted molar refractivity (Wildman–Crippen MR) is 82.3 cm³/mol. The third kappa shape index (κ3) is 3.07. The molecule has 2 heteroatoms. The largest absolute Gasteiger partial charge is 0.321 e. The molecule has 0 radical (unpaired) electrons. The predicted octanol–water partition coefficient (Wildman–Crippen LogP) is 4.17. The number of rotatable bonds is 3. The molecule has 0 amide bonds. The number of halogens is 1. The molecule has 0 saturated heterocycles. The Kier molecular flexibility index (Phi) is 3.96. The highest BCUT2D eigenvalue weighted by atomic mass is 19.1. The van der Waals surface area contributed by atoms with Crippen LogP contribution in [-0.4, -0.2) is 0 Å². The molecule has 2 aromatic carbocycles. The van der Waals surface area contributed by atoms with E-state index in [-0.39, 0.29) is 5.82 Å². The van der Waals surface area contributed by atoms with Crippen molar-refractivity contribution >= 4 is 0 Å². The first kappa shape index (κ1) is 14.7. The van der Waals surface area contributed by atoms with E-state index in [1.807, 2.05) is 13.8 Å². The van der Waals surface area contributed by atoms with Gasteiger partial charge in [-0.3, -0.25) is 0 Å². The second kappa shape index (κ2) is 5.37. The van der Waals surface area contributed by atoms with Crippen molar-refractivity contribution in [3.05, 3.63) is 70.0 Å². The van der Waals surface area contributed by atoms with E-state index < -0.39 is 5.54 Å². The maximum absolute atomic E-state index is 13.4. The van der Waals surface area contributed by atoms with E-state index >= 15 is 0 Å². The van der Waals surface area contributed by atoms with Crippen LogP contribution >= 0.6 is 0 Å². The first-order chi connectivity index (χ1) is 9.29. The zero-order chi connectivity index (χ0) is 14.9. The van der Waals surface area contributed by atoms with Gasteiger partial charge in [-0.1, -0.05) is 24.3 Å². The Morgan fingerprint density at radius 3 is 2.25 bits per heavy atom. The zero-order valence-corrected chi connectivity index (χ0v) is 12.6. The minimum Gasteiger partial charge on any atom is -0.321 e. The molecule has 0 aliphatic heterocycles. The van der Waals surface area contributed by atoms with E-state index in [0.717, 1.165) is 16.7 Å². The monoisotopic (exact) mass is 271 g/mol. The van der Waals surface area contributed by atoms with Crippen molar-refractivity contribution in [2.75, 3.05) is 0 Å². The van der Waals surface area contributed by atoms with Gasteiger partial charge in [-0.15, -0.1) is 0 Å². The lowest BCUT2D eigenvalue weighted by molar-refractivity contribution is 0.488. The summed E-state index contributed by atoms with van der Waals surface area (Å²) in [5, 5.41) is 0. The van der Waals surface area contributed by atoms with Crippen LogP contribution in [0.15, 0.2) is 36.4 Å². The Bertz CT molecular complexity index is 629. The Morgan fingerprint density at radius 2 is 1.60 bits per heavy atom. The molecule has 1 nitrogen and oxygen atoms in total. The van der Waals surface area contributed by atoms with Crippen LogP contribution in [0, 0.1) is 26.6 Å². The van der Waals surface area contributed by atoms with Crippen LogP contribution in [0.1, 0.15) is 34.7 Å². The molecule has 106 valence electrons. The Hall–Kier alpha value is -1.67. The summed E-state index contributed by atoms with van der Waals surface area (Å²) in [5.41, 5.74) is 11.6.